The molecule has 0 bridgehead atoms. The van der Waals surface area contributed by atoms with E-state index in [1.165, 1.54) is 16.5 Å². The summed E-state index contributed by atoms with van der Waals surface area (Å²) in [4.78, 5) is 9.24. The standard InChI is InChI=1S/C26H17ClN2/c27-25-17-24(21-13-10-20(11-14-21)18-6-2-1-3-7-18)28-26(29-25)23-15-12-19-8-4-5-9-22(19)16-23/h1-17H. The summed E-state index contributed by atoms with van der Waals surface area (Å²) >= 11 is 6.34. The largest absolute Gasteiger partial charge is 0.228 e. The first kappa shape index (κ1) is 17.6. The third-order valence-corrected chi connectivity index (χ3v) is 5.18. The lowest BCUT2D eigenvalue weighted by Gasteiger charge is -2.08. The molecule has 0 aliphatic carbocycles. The van der Waals surface area contributed by atoms with Gasteiger partial charge in [0.25, 0.3) is 0 Å². The second-order valence-electron chi connectivity index (χ2n) is 6.90. The molecule has 0 saturated carbocycles. The number of halogens is 1. The quantitative estimate of drug-likeness (QED) is 0.301. The van der Waals surface area contributed by atoms with E-state index in [0.717, 1.165) is 22.2 Å². The van der Waals surface area contributed by atoms with E-state index in [0.29, 0.717) is 11.0 Å². The predicted octanol–water partition coefficient (Wildman–Crippen LogP) is 7.28. The number of aromatic nitrogens is 2. The Labute approximate surface area is 174 Å². The van der Waals surface area contributed by atoms with Crippen LogP contribution < -0.4 is 0 Å². The van der Waals surface area contributed by atoms with E-state index >= 15 is 0 Å². The fourth-order valence-electron chi connectivity index (χ4n) is 3.49. The maximum Gasteiger partial charge on any atom is 0.161 e. The molecule has 0 atom stereocenters. The van der Waals surface area contributed by atoms with Crippen molar-refractivity contribution in [1.29, 1.82) is 0 Å². The highest BCUT2D eigenvalue weighted by Gasteiger charge is 2.09. The molecule has 0 radical (unpaired) electrons. The van der Waals surface area contributed by atoms with Crippen LogP contribution in [0.1, 0.15) is 0 Å². The highest BCUT2D eigenvalue weighted by Crippen LogP contribution is 2.28. The van der Waals surface area contributed by atoms with E-state index in [2.05, 4.69) is 65.6 Å². The topological polar surface area (TPSA) is 25.8 Å². The molecule has 0 N–H and O–H groups in total. The van der Waals surface area contributed by atoms with Gasteiger partial charge < -0.3 is 0 Å². The number of hydrogen-bond donors (Lipinski definition) is 0. The van der Waals surface area contributed by atoms with E-state index in [1.54, 1.807) is 0 Å². The van der Waals surface area contributed by atoms with Gasteiger partial charge in [-0.15, -0.1) is 0 Å². The van der Waals surface area contributed by atoms with Crippen molar-refractivity contribution >= 4 is 22.4 Å². The maximum absolute atomic E-state index is 6.34. The number of benzene rings is 4. The van der Waals surface area contributed by atoms with Gasteiger partial charge in [0.05, 0.1) is 5.69 Å². The number of fused-ring (bicyclic) bond motifs is 1. The van der Waals surface area contributed by atoms with E-state index < -0.39 is 0 Å². The molecule has 5 rings (SSSR count). The third-order valence-electron chi connectivity index (χ3n) is 4.99. The molecule has 2 nitrogen and oxygen atoms in total. The normalized spacial score (nSPS) is 10.9. The summed E-state index contributed by atoms with van der Waals surface area (Å²) in [6.45, 7) is 0. The molecule has 4 aromatic carbocycles. The maximum atomic E-state index is 6.34. The van der Waals surface area contributed by atoms with Crippen molar-refractivity contribution in [3.8, 4) is 33.8 Å². The summed E-state index contributed by atoms with van der Waals surface area (Å²) in [5, 5.41) is 2.78. The molecule has 29 heavy (non-hydrogen) atoms. The van der Waals surface area contributed by atoms with Crippen LogP contribution in [0.4, 0.5) is 0 Å². The molecule has 3 heteroatoms. The first-order chi connectivity index (χ1) is 14.3. The van der Waals surface area contributed by atoms with Crippen LogP contribution in [0.2, 0.25) is 5.15 Å². The van der Waals surface area contributed by atoms with E-state index in [4.69, 9.17) is 16.6 Å². The zero-order valence-electron chi connectivity index (χ0n) is 15.6. The van der Waals surface area contributed by atoms with Crippen LogP contribution in [-0.4, -0.2) is 9.97 Å². The minimum absolute atomic E-state index is 0.435. The van der Waals surface area contributed by atoms with Crippen LogP contribution >= 0.6 is 11.6 Å². The van der Waals surface area contributed by atoms with Crippen LogP contribution in [0.5, 0.6) is 0 Å². The predicted molar refractivity (Wildman–Crippen MR) is 121 cm³/mol. The molecule has 1 aromatic heterocycles. The summed E-state index contributed by atoms with van der Waals surface area (Å²) in [6.07, 6.45) is 0. The zero-order chi connectivity index (χ0) is 19.6. The number of hydrogen-bond acceptors (Lipinski definition) is 2. The van der Waals surface area contributed by atoms with Gasteiger partial charge in [-0.05, 0) is 28.0 Å². The highest BCUT2D eigenvalue weighted by atomic mass is 35.5. The average molecular weight is 393 g/mol. The van der Waals surface area contributed by atoms with Crippen LogP contribution in [0.25, 0.3) is 44.5 Å². The third kappa shape index (κ3) is 3.63. The minimum atomic E-state index is 0.435. The minimum Gasteiger partial charge on any atom is -0.228 e. The summed E-state index contributed by atoms with van der Waals surface area (Å²) in [6, 6.07) is 35.0. The molecule has 5 aromatic rings. The fourth-order valence-corrected chi connectivity index (χ4v) is 3.67. The second-order valence-corrected chi connectivity index (χ2v) is 7.29. The van der Waals surface area contributed by atoms with Gasteiger partial charge in [0.1, 0.15) is 5.15 Å². The summed E-state index contributed by atoms with van der Waals surface area (Å²) in [5.41, 5.74) is 5.14. The molecule has 0 fully saturated rings. The van der Waals surface area contributed by atoms with Crippen molar-refractivity contribution < 1.29 is 0 Å². The summed E-state index contributed by atoms with van der Waals surface area (Å²) < 4.78 is 0. The van der Waals surface area contributed by atoms with Gasteiger partial charge in [-0.3, -0.25) is 0 Å². The van der Waals surface area contributed by atoms with Crippen LogP contribution in [0.15, 0.2) is 103 Å². The van der Waals surface area contributed by atoms with Gasteiger partial charge in [-0.1, -0.05) is 103 Å². The van der Waals surface area contributed by atoms with Crippen molar-refractivity contribution in [3.05, 3.63) is 108 Å². The fraction of sp³-hybridized carbons (Fsp3) is 0. The number of rotatable bonds is 3. The first-order valence-corrected chi connectivity index (χ1v) is 9.84. The molecule has 1 heterocycles. The highest BCUT2D eigenvalue weighted by molar-refractivity contribution is 6.29. The molecule has 138 valence electrons. The van der Waals surface area contributed by atoms with E-state index in [9.17, 15) is 0 Å². The molecular weight excluding hydrogens is 376 g/mol. The Hall–Kier alpha value is -3.49. The van der Waals surface area contributed by atoms with Crippen LogP contribution in [0.3, 0.4) is 0 Å². The van der Waals surface area contributed by atoms with Gasteiger partial charge >= 0.3 is 0 Å². The molecule has 0 amide bonds. The lowest BCUT2D eigenvalue weighted by atomic mass is 10.0. The van der Waals surface area contributed by atoms with E-state index in [1.807, 2.05) is 42.5 Å². The smallest absolute Gasteiger partial charge is 0.161 e. The lowest BCUT2D eigenvalue weighted by molar-refractivity contribution is 1.18. The van der Waals surface area contributed by atoms with Gasteiger partial charge in [0, 0.05) is 17.2 Å². The monoisotopic (exact) mass is 392 g/mol. The Morgan fingerprint density at radius 2 is 1.10 bits per heavy atom. The first-order valence-electron chi connectivity index (χ1n) is 9.46. The lowest BCUT2D eigenvalue weighted by Crippen LogP contribution is -1.93. The van der Waals surface area contributed by atoms with Crippen molar-refractivity contribution in [1.82, 2.24) is 9.97 Å². The zero-order valence-corrected chi connectivity index (χ0v) is 16.3. The molecule has 0 aliphatic heterocycles. The molecule has 0 aliphatic rings. The molecule has 0 spiro atoms. The van der Waals surface area contributed by atoms with Gasteiger partial charge in [0.2, 0.25) is 0 Å². The van der Waals surface area contributed by atoms with Gasteiger partial charge in [0.15, 0.2) is 5.82 Å². The van der Waals surface area contributed by atoms with Crippen molar-refractivity contribution in [3.63, 3.8) is 0 Å². The van der Waals surface area contributed by atoms with Crippen LogP contribution in [0, 0.1) is 0 Å². The number of nitrogens with zero attached hydrogens (tertiary/aromatic N) is 2. The Morgan fingerprint density at radius 1 is 0.483 bits per heavy atom. The SMILES string of the molecule is Clc1cc(-c2ccc(-c3ccccc3)cc2)nc(-c2ccc3ccccc3c2)n1. The van der Waals surface area contributed by atoms with Gasteiger partial charge in [-0.2, -0.15) is 0 Å². The Bertz CT molecular complexity index is 1300. The van der Waals surface area contributed by atoms with Crippen molar-refractivity contribution in [2.24, 2.45) is 0 Å². The van der Waals surface area contributed by atoms with Crippen molar-refractivity contribution in [2.75, 3.05) is 0 Å². The Balaban J connectivity index is 1.53. The Kier molecular flexibility index (Phi) is 4.55. The average Bonchev–Trinajstić information content (AvgIpc) is 2.79. The molecular formula is C26H17ClN2. The van der Waals surface area contributed by atoms with E-state index in [-0.39, 0.29) is 0 Å². The van der Waals surface area contributed by atoms with Crippen molar-refractivity contribution in [2.45, 2.75) is 0 Å². The molecule has 0 saturated heterocycles. The Morgan fingerprint density at radius 3 is 1.90 bits per heavy atom. The summed E-state index contributed by atoms with van der Waals surface area (Å²) in [5.74, 6) is 0.630. The van der Waals surface area contributed by atoms with Crippen LogP contribution in [-0.2, 0) is 0 Å². The van der Waals surface area contributed by atoms with Gasteiger partial charge in [-0.25, -0.2) is 9.97 Å². The summed E-state index contributed by atoms with van der Waals surface area (Å²) in [7, 11) is 0. The second kappa shape index (κ2) is 7.50. The molecule has 0 unspecified atom stereocenters.